The molecule has 0 aromatic heterocycles. The van der Waals surface area contributed by atoms with Gasteiger partial charge in [-0.15, -0.1) is 0 Å². The first-order chi connectivity index (χ1) is 12.9. The summed E-state index contributed by atoms with van der Waals surface area (Å²) in [7, 11) is 0. The molecule has 0 bridgehead atoms. The molecule has 0 saturated carbocycles. The SMILES string of the molecule is CCc1ccccc1NC(=O)CCN1C(=O)c2cccc([N+](=O)[O-])c2C1=O. The summed E-state index contributed by atoms with van der Waals surface area (Å²) in [5.41, 5.74) is 1.02. The number of fused-ring (bicyclic) bond motifs is 1. The van der Waals surface area contributed by atoms with E-state index < -0.39 is 22.4 Å². The van der Waals surface area contributed by atoms with Crippen LogP contribution in [0.15, 0.2) is 42.5 Å². The van der Waals surface area contributed by atoms with Gasteiger partial charge in [-0.25, -0.2) is 0 Å². The molecule has 1 heterocycles. The van der Waals surface area contributed by atoms with Crippen molar-refractivity contribution in [2.24, 2.45) is 0 Å². The van der Waals surface area contributed by atoms with Crippen molar-refractivity contribution < 1.29 is 19.3 Å². The number of anilines is 1. The van der Waals surface area contributed by atoms with Crippen molar-refractivity contribution in [1.29, 1.82) is 0 Å². The topological polar surface area (TPSA) is 110 Å². The maximum absolute atomic E-state index is 12.5. The lowest BCUT2D eigenvalue weighted by atomic mass is 10.1. The smallest absolute Gasteiger partial charge is 0.282 e. The Kier molecular flexibility index (Phi) is 4.98. The zero-order valence-corrected chi connectivity index (χ0v) is 14.6. The highest BCUT2D eigenvalue weighted by Gasteiger charge is 2.40. The minimum Gasteiger partial charge on any atom is -0.326 e. The molecular weight excluding hydrogens is 350 g/mol. The number of para-hydroxylation sites is 1. The molecule has 0 fully saturated rings. The van der Waals surface area contributed by atoms with Gasteiger partial charge < -0.3 is 5.32 Å². The number of hydrogen-bond acceptors (Lipinski definition) is 5. The van der Waals surface area contributed by atoms with Gasteiger partial charge in [-0.3, -0.25) is 29.4 Å². The van der Waals surface area contributed by atoms with Gasteiger partial charge >= 0.3 is 0 Å². The minimum atomic E-state index is -0.746. The molecule has 2 aromatic rings. The Morgan fingerprint density at radius 2 is 1.85 bits per heavy atom. The highest BCUT2D eigenvalue weighted by atomic mass is 16.6. The number of aryl methyl sites for hydroxylation is 1. The Balaban J connectivity index is 1.71. The molecule has 138 valence electrons. The number of imide groups is 1. The third-order valence-corrected chi connectivity index (χ3v) is 4.41. The third-order valence-electron chi connectivity index (χ3n) is 4.41. The summed E-state index contributed by atoms with van der Waals surface area (Å²) in [5.74, 6) is -1.72. The zero-order valence-electron chi connectivity index (χ0n) is 14.6. The van der Waals surface area contributed by atoms with Crippen LogP contribution in [-0.2, 0) is 11.2 Å². The number of amides is 3. The Morgan fingerprint density at radius 3 is 2.56 bits per heavy atom. The first-order valence-corrected chi connectivity index (χ1v) is 8.45. The molecule has 0 unspecified atom stereocenters. The van der Waals surface area contributed by atoms with Gasteiger partial charge in [0.15, 0.2) is 0 Å². The molecule has 3 rings (SSSR count). The molecule has 0 saturated heterocycles. The van der Waals surface area contributed by atoms with Gasteiger partial charge in [0.05, 0.1) is 10.5 Å². The summed E-state index contributed by atoms with van der Waals surface area (Å²) in [6.45, 7) is 1.82. The predicted octanol–water partition coefficient (Wildman–Crippen LogP) is 2.78. The number of benzene rings is 2. The predicted molar refractivity (Wildman–Crippen MR) is 97.5 cm³/mol. The van der Waals surface area contributed by atoms with E-state index in [4.69, 9.17) is 0 Å². The first-order valence-electron chi connectivity index (χ1n) is 8.45. The van der Waals surface area contributed by atoms with Gasteiger partial charge in [0.2, 0.25) is 5.91 Å². The lowest BCUT2D eigenvalue weighted by Crippen LogP contribution is -2.33. The molecule has 1 N–H and O–H groups in total. The number of hydrogen-bond donors (Lipinski definition) is 1. The fourth-order valence-corrected chi connectivity index (χ4v) is 3.05. The van der Waals surface area contributed by atoms with Crippen LogP contribution in [0.5, 0.6) is 0 Å². The lowest BCUT2D eigenvalue weighted by molar-refractivity contribution is -0.385. The molecule has 1 aliphatic heterocycles. The lowest BCUT2D eigenvalue weighted by Gasteiger charge is -2.14. The van der Waals surface area contributed by atoms with E-state index in [0.717, 1.165) is 16.9 Å². The Hall–Kier alpha value is -3.55. The van der Waals surface area contributed by atoms with Crippen molar-refractivity contribution in [3.05, 3.63) is 69.3 Å². The molecule has 0 spiro atoms. The van der Waals surface area contributed by atoms with E-state index >= 15 is 0 Å². The number of nitro groups is 1. The van der Waals surface area contributed by atoms with Crippen molar-refractivity contribution in [1.82, 2.24) is 4.90 Å². The average Bonchev–Trinajstić information content (AvgIpc) is 2.91. The molecule has 0 aliphatic carbocycles. The van der Waals surface area contributed by atoms with E-state index in [1.165, 1.54) is 18.2 Å². The van der Waals surface area contributed by atoms with Crippen LogP contribution in [0.25, 0.3) is 0 Å². The van der Waals surface area contributed by atoms with Crippen LogP contribution in [0.3, 0.4) is 0 Å². The van der Waals surface area contributed by atoms with Crippen LogP contribution >= 0.6 is 0 Å². The van der Waals surface area contributed by atoms with Crippen LogP contribution < -0.4 is 5.32 Å². The second-order valence-electron chi connectivity index (χ2n) is 6.03. The van der Waals surface area contributed by atoms with Crippen molar-refractivity contribution in [3.63, 3.8) is 0 Å². The summed E-state index contributed by atoms with van der Waals surface area (Å²) >= 11 is 0. The monoisotopic (exact) mass is 367 g/mol. The van der Waals surface area contributed by atoms with Crippen LogP contribution in [0.4, 0.5) is 11.4 Å². The standard InChI is InChI=1S/C19H17N3O5/c1-2-12-6-3-4-8-14(12)20-16(23)10-11-21-18(24)13-7-5-9-15(22(26)27)17(13)19(21)25/h3-9H,2,10-11H2,1H3,(H,20,23). The molecule has 8 heteroatoms. The second kappa shape index (κ2) is 7.36. The molecule has 3 amide bonds. The number of rotatable bonds is 6. The fraction of sp³-hybridized carbons (Fsp3) is 0.211. The maximum Gasteiger partial charge on any atom is 0.282 e. The summed E-state index contributed by atoms with van der Waals surface area (Å²) in [6, 6.07) is 11.3. The van der Waals surface area contributed by atoms with Crippen molar-refractivity contribution in [2.45, 2.75) is 19.8 Å². The first kappa shape index (κ1) is 18.2. The third kappa shape index (κ3) is 3.41. The Labute approximate surface area is 154 Å². The molecule has 27 heavy (non-hydrogen) atoms. The van der Waals surface area contributed by atoms with Gasteiger partial charge in [-0.1, -0.05) is 31.2 Å². The van der Waals surface area contributed by atoms with E-state index in [2.05, 4.69) is 5.32 Å². The molecule has 0 atom stereocenters. The fourth-order valence-electron chi connectivity index (χ4n) is 3.05. The second-order valence-corrected chi connectivity index (χ2v) is 6.03. The van der Waals surface area contributed by atoms with Gasteiger partial charge in [0.25, 0.3) is 17.5 Å². The molecule has 8 nitrogen and oxygen atoms in total. The van der Waals surface area contributed by atoms with E-state index in [9.17, 15) is 24.5 Å². The zero-order chi connectivity index (χ0) is 19.6. The normalized spacial score (nSPS) is 12.9. The van der Waals surface area contributed by atoms with Crippen LogP contribution in [0.1, 0.15) is 39.6 Å². The van der Waals surface area contributed by atoms with E-state index in [1.54, 1.807) is 12.1 Å². The van der Waals surface area contributed by atoms with Crippen LogP contribution in [0.2, 0.25) is 0 Å². The maximum atomic E-state index is 12.5. The number of nitrogens with one attached hydrogen (secondary N) is 1. The van der Waals surface area contributed by atoms with Crippen LogP contribution in [-0.4, -0.2) is 34.1 Å². The molecule has 0 radical (unpaired) electrons. The van der Waals surface area contributed by atoms with Crippen molar-refractivity contribution in [3.8, 4) is 0 Å². The molecule has 1 aliphatic rings. The molecular formula is C19H17N3O5. The summed E-state index contributed by atoms with van der Waals surface area (Å²) < 4.78 is 0. The Bertz CT molecular complexity index is 954. The Morgan fingerprint density at radius 1 is 1.11 bits per heavy atom. The minimum absolute atomic E-state index is 0.00839. The number of nitrogens with zero attached hydrogens (tertiary/aromatic N) is 2. The average molecular weight is 367 g/mol. The van der Waals surface area contributed by atoms with Gasteiger partial charge in [-0.05, 0) is 24.1 Å². The highest BCUT2D eigenvalue weighted by Crippen LogP contribution is 2.30. The van der Waals surface area contributed by atoms with Crippen molar-refractivity contribution in [2.75, 3.05) is 11.9 Å². The quantitative estimate of drug-likeness (QED) is 0.480. The summed E-state index contributed by atoms with van der Waals surface area (Å²) in [6.07, 6.45) is 0.649. The number of nitro benzene ring substituents is 1. The van der Waals surface area contributed by atoms with Gasteiger partial charge in [-0.2, -0.15) is 0 Å². The van der Waals surface area contributed by atoms with E-state index in [-0.39, 0.29) is 30.0 Å². The largest absolute Gasteiger partial charge is 0.326 e. The van der Waals surface area contributed by atoms with Gasteiger partial charge in [0, 0.05) is 24.7 Å². The van der Waals surface area contributed by atoms with Crippen molar-refractivity contribution >= 4 is 29.1 Å². The van der Waals surface area contributed by atoms with E-state index in [1.807, 2.05) is 19.1 Å². The van der Waals surface area contributed by atoms with Gasteiger partial charge in [0.1, 0.15) is 5.56 Å². The van der Waals surface area contributed by atoms with E-state index in [0.29, 0.717) is 5.69 Å². The number of carbonyl (C=O) groups is 3. The molecule has 2 aromatic carbocycles. The summed E-state index contributed by atoms with van der Waals surface area (Å²) in [4.78, 5) is 48.4. The summed E-state index contributed by atoms with van der Waals surface area (Å²) in [5, 5.41) is 13.9. The van der Waals surface area contributed by atoms with Crippen LogP contribution in [0, 0.1) is 10.1 Å². The highest BCUT2D eigenvalue weighted by molar-refractivity contribution is 6.23. The number of carbonyl (C=O) groups excluding carboxylic acids is 3.